The molecule has 0 atom stereocenters. The minimum absolute atomic E-state index is 0.0858. The summed E-state index contributed by atoms with van der Waals surface area (Å²) in [5.74, 6) is 0.814. The molecule has 0 radical (unpaired) electrons. The Bertz CT molecular complexity index is 725. The molecule has 6 nitrogen and oxygen atoms in total. The van der Waals surface area contributed by atoms with E-state index in [0.717, 1.165) is 11.1 Å². The first-order valence-electron chi connectivity index (χ1n) is 5.27. The lowest BCUT2D eigenvalue weighted by Gasteiger charge is -1.97. The second kappa shape index (κ2) is 3.99. The number of aromatic nitrogens is 3. The van der Waals surface area contributed by atoms with Gasteiger partial charge in [-0.3, -0.25) is 4.79 Å². The molecule has 3 heterocycles. The second-order valence-corrected chi connectivity index (χ2v) is 3.80. The quantitative estimate of drug-likeness (QED) is 0.684. The van der Waals surface area contributed by atoms with Crippen LogP contribution in [-0.2, 0) is 7.05 Å². The number of hydrogen-bond acceptors (Lipinski definition) is 5. The van der Waals surface area contributed by atoms with Crippen LogP contribution in [-0.4, -0.2) is 14.7 Å². The molecule has 90 valence electrons. The summed E-state index contributed by atoms with van der Waals surface area (Å²) in [6.45, 7) is 0. The van der Waals surface area contributed by atoms with Gasteiger partial charge in [0.05, 0.1) is 11.8 Å². The Morgan fingerprint density at radius 3 is 2.83 bits per heavy atom. The van der Waals surface area contributed by atoms with E-state index < -0.39 is 0 Å². The normalized spacial score (nSPS) is 10.7. The maximum absolute atomic E-state index is 11.3. The van der Waals surface area contributed by atoms with Crippen molar-refractivity contribution in [3.05, 3.63) is 47.3 Å². The van der Waals surface area contributed by atoms with Crippen LogP contribution in [0.3, 0.4) is 0 Å². The van der Waals surface area contributed by atoms with Crippen LogP contribution < -0.4 is 5.56 Å². The lowest BCUT2D eigenvalue weighted by molar-refractivity contribution is 0.431. The number of pyridine rings is 1. The van der Waals surface area contributed by atoms with E-state index >= 15 is 0 Å². The fourth-order valence-electron chi connectivity index (χ4n) is 1.57. The molecular formula is C12H9N3O3. The van der Waals surface area contributed by atoms with Crippen LogP contribution in [0.2, 0.25) is 0 Å². The van der Waals surface area contributed by atoms with Gasteiger partial charge in [0.1, 0.15) is 6.26 Å². The number of hydrogen-bond donors (Lipinski definition) is 0. The van der Waals surface area contributed by atoms with Crippen LogP contribution in [0, 0.1) is 0 Å². The second-order valence-electron chi connectivity index (χ2n) is 3.80. The summed E-state index contributed by atoms with van der Waals surface area (Å²) >= 11 is 0. The van der Waals surface area contributed by atoms with Gasteiger partial charge in [-0.2, -0.15) is 4.98 Å². The average molecular weight is 243 g/mol. The molecular weight excluding hydrogens is 234 g/mol. The summed E-state index contributed by atoms with van der Waals surface area (Å²) in [7, 11) is 1.67. The van der Waals surface area contributed by atoms with Crippen molar-refractivity contribution in [2.24, 2.45) is 7.05 Å². The fraction of sp³-hybridized carbons (Fsp3) is 0.0833. The molecule has 0 aliphatic heterocycles. The van der Waals surface area contributed by atoms with E-state index in [0.29, 0.717) is 11.7 Å². The highest BCUT2D eigenvalue weighted by Crippen LogP contribution is 2.21. The number of furan rings is 1. The van der Waals surface area contributed by atoms with Crippen LogP contribution in [0.4, 0.5) is 0 Å². The smallest absolute Gasteiger partial charge is 0.261 e. The van der Waals surface area contributed by atoms with Crippen molar-refractivity contribution in [1.29, 1.82) is 0 Å². The topological polar surface area (TPSA) is 74.1 Å². The Morgan fingerprint density at radius 2 is 2.11 bits per heavy atom. The highest BCUT2D eigenvalue weighted by molar-refractivity contribution is 5.57. The Labute approximate surface area is 101 Å². The zero-order chi connectivity index (χ0) is 12.5. The SMILES string of the molecule is Cn1cc(-c2noc(-c3ccoc3)n2)ccc1=O. The minimum Gasteiger partial charge on any atom is -0.472 e. The maximum atomic E-state index is 11.3. The molecule has 0 amide bonds. The fourth-order valence-corrected chi connectivity index (χ4v) is 1.57. The van der Waals surface area contributed by atoms with Gasteiger partial charge in [0.25, 0.3) is 5.89 Å². The molecule has 0 aromatic carbocycles. The van der Waals surface area contributed by atoms with Gasteiger partial charge in [0.15, 0.2) is 0 Å². The standard InChI is InChI=1S/C12H9N3O3/c1-15-6-8(2-3-10(15)16)11-13-12(18-14-11)9-4-5-17-7-9/h2-7H,1H3. The van der Waals surface area contributed by atoms with Crippen LogP contribution in [0.15, 0.2) is 50.7 Å². The van der Waals surface area contributed by atoms with E-state index in [2.05, 4.69) is 10.1 Å². The maximum Gasteiger partial charge on any atom is 0.261 e. The molecule has 0 aliphatic rings. The Balaban J connectivity index is 2.03. The van der Waals surface area contributed by atoms with Crippen LogP contribution >= 0.6 is 0 Å². The molecule has 3 aromatic rings. The molecule has 6 heteroatoms. The van der Waals surface area contributed by atoms with Gasteiger partial charge in [0, 0.05) is 24.9 Å². The zero-order valence-corrected chi connectivity index (χ0v) is 9.53. The third-order valence-corrected chi connectivity index (χ3v) is 2.54. The zero-order valence-electron chi connectivity index (χ0n) is 9.53. The van der Waals surface area contributed by atoms with Crippen LogP contribution in [0.1, 0.15) is 0 Å². The first-order chi connectivity index (χ1) is 8.74. The molecule has 3 rings (SSSR count). The third kappa shape index (κ3) is 1.73. The molecule has 3 aromatic heterocycles. The van der Waals surface area contributed by atoms with E-state index in [1.807, 2.05) is 0 Å². The van der Waals surface area contributed by atoms with Crippen LogP contribution in [0.5, 0.6) is 0 Å². The molecule has 0 aliphatic carbocycles. The first-order valence-corrected chi connectivity index (χ1v) is 5.27. The summed E-state index contributed by atoms with van der Waals surface area (Å²) in [6, 6.07) is 4.85. The van der Waals surface area contributed by atoms with Gasteiger partial charge >= 0.3 is 0 Å². The molecule has 0 fully saturated rings. The Morgan fingerprint density at radius 1 is 1.22 bits per heavy atom. The lowest BCUT2D eigenvalue weighted by Crippen LogP contribution is -2.14. The number of nitrogens with zero attached hydrogens (tertiary/aromatic N) is 3. The van der Waals surface area contributed by atoms with Crippen molar-refractivity contribution >= 4 is 0 Å². The summed E-state index contributed by atoms with van der Waals surface area (Å²) in [6.07, 6.45) is 4.72. The molecule has 18 heavy (non-hydrogen) atoms. The lowest BCUT2D eigenvalue weighted by atomic mass is 10.2. The Hall–Kier alpha value is -2.63. The molecule has 0 unspecified atom stereocenters. The van der Waals surface area contributed by atoms with Crippen molar-refractivity contribution in [3.63, 3.8) is 0 Å². The van der Waals surface area contributed by atoms with Crippen molar-refractivity contribution in [1.82, 2.24) is 14.7 Å². The summed E-state index contributed by atoms with van der Waals surface area (Å²) in [5.41, 5.74) is 1.35. The van der Waals surface area contributed by atoms with Gasteiger partial charge < -0.3 is 13.5 Å². The van der Waals surface area contributed by atoms with Gasteiger partial charge in [-0.15, -0.1) is 0 Å². The minimum atomic E-state index is -0.0858. The van der Waals surface area contributed by atoms with Crippen molar-refractivity contribution in [2.75, 3.05) is 0 Å². The van der Waals surface area contributed by atoms with Crippen molar-refractivity contribution in [2.45, 2.75) is 0 Å². The predicted octanol–water partition coefficient (Wildman–Crippen LogP) is 1.70. The summed E-state index contributed by atoms with van der Waals surface area (Å²) in [5, 5.41) is 3.87. The first kappa shape index (κ1) is 10.5. The van der Waals surface area contributed by atoms with E-state index in [9.17, 15) is 4.79 Å². The molecule has 0 N–H and O–H groups in total. The number of aryl methyl sites for hydroxylation is 1. The number of rotatable bonds is 2. The summed E-state index contributed by atoms with van der Waals surface area (Å²) in [4.78, 5) is 15.5. The highest BCUT2D eigenvalue weighted by atomic mass is 16.5. The van der Waals surface area contributed by atoms with Gasteiger partial charge in [-0.25, -0.2) is 0 Å². The molecule has 0 bridgehead atoms. The monoisotopic (exact) mass is 243 g/mol. The van der Waals surface area contributed by atoms with Crippen molar-refractivity contribution < 1.29 is 8.94 Å². The largest absolute Gasteiger partial charge is 0.472 e. The molecule has 0 saturated heterocycles. The van der Waals surface area contributed by atoms with E-state index in [4.69, 9.17) is 8.94 Å². The van der Waals surface area contributed by atoms with E-state index in [1.165, 1.54) is 23.2 Å². The van der Waals surface area contributed by atoms with Gasteiger partial charge in [-0.05, 0) is 12.1 Å². The van der Waals surface area contributed by atoms with Crippen molar-refractivity contribution in [3.8, 4) is 22.8 Å². The van der Waals surface area contributed by atoms with Gasteiger partial charge in [-0.1, -0.05) is 5.16 Å². The average Bonchev–Trinajstić information content (AvgIpc) is 3.01. The molecule has 0 saturated carbocycles. The van der Waals surface area contributed by atoms with E-state index in [1.54, 1.807) is 25.4 Å². The highest BCUT2D eigenvalue weighted by Gasteiger charge is 2.11. The summed E-state index contributed by atoms with van der Waals surface area (Å²) < 4.78 is 11.5. The predicted molar refractivity (Wildman–Crippen MR) is 62.7 cm³/mol. The van der Waals surface area contributed by atoms with Gasteiger partial charge in [0.2, 0.25) is 11.4 Å². The Kier molecular flexibility index (Phi) is 2.33. The molecule has 0 spiro atoms. The van der Waals surface area contributed by atoms with Crippen LogP contribution in [0.25, 0.3) is 22.8 Å². The van der Waals surface area contributed by atoms with E-state index in [-0.39, 0.29) is 5.56 Å². The third-order valence-electron chi connectivity index (χ3n) is 2.54.